The molecule has 4 heterocycles. The number of benzene rings is 1. The van der Waals surface area contributed by atoms with E-state index < -0.39 is 11.1 Å². The molecule has 1 unspecified atom stereocenters. The van der Waals surface area contributed by atoms with Crippen LogP contribution in [-0.4, -0.2) is 56.7 Å². The second-order valence-electron chi connectivity index (χ2n) is 8.76. The van der Waals surface area contributed by atoms with Crippen molar-refractivity contribution in [2.24, 2.45) is 11.8 Å². The molecule has 1 N–H and O–H groups in total. The van der Waals surface area contributed by atoms with Crippen molar-refractivity contribution < 1.29 is 23.7 Å². The summed E-state index contributed by atoms with van der Waals surface area (Å²) in [7, 11) is 4.77. The number of ether oxygens (including phenoxy) is 4. The molecular weight excluding hydrogens is 372 g/mol. The van der Waals surface area contributed by atoms with Crippen molar-refractivity contribution in [1.82, 2.24) is 4.90 Å². The highest BCUT2D eigenvalue weighted by Crippen LogP contribution is 2.72. The Labute approximate surface area is 169 Å². The topological polar surface area (TPSA) is 69.3 Å². The molecule has 7 nitrogen and oxygen atoms in total. The second kappa shape index (κ2) is 5.46. The van der Waals surface area contributed by atoms with Crippen LogP contribution in [-0.2, 0) is 19.7 Å². The summed E-state index contributed by atoms with van der Waals surface area (Å²) in [6.45, 7) is 2.92. The Morgan fingerprint density at radius 2 is 2.03 bits per heavy atom. The number of anilines is 1. The zero-order valence-corrected chi connectivity index (χ0v) is 17.2. The molecule has 4 bridgehead atoms. The van der Waals surface area contributed by atoms with E-state index in [2.05, 4.69) is 23.2 Å². The first-order valence-electron chi connectivity index (χ1n) is 10.3. The Bertz CT molecular complexity index is 961. The van der Waals surface area contributed by atoms with E-state index in [0.29, 0.717) is 11.5 Å². The number of hydrogen-bond donors (Lipinski definition) is 1. The van der Waals surface area contributed by atoms with Crippen LogP contribution in [0.15, 0.2) is 23.8 Å². The molecule has 1 saturated carbocycles. The molecular formula is C22H26N2O5. The number of esters is 1. The van der Waals surface area contributed by atoms with E-state index in [4.69, 9.17) is 18.9 Å². The van der Waals surface area contributed by atoms with E-state index in [9.17, 15) is 4.79 Å². The average Bonchev–Trinajstić information content (AvgIpc) is 3.33. The summed E-state index contributed by atoms with van der Waals surface area (Å²) in [5.74, 6) is 1.05. The zero-order valence-electron chi connectivity index (χ0n) is 17.2. The number of allylic oxidation sites excluding steroid dienone is 1. The predicted octanol–water partition coefficient (Wildman–Crippen LogP) is 2.26. The number of nitrogens with one attached hydrogen (secondary N) is 1. The number of carbonyl (C=O) groups excluding carboxylic acids is 1. The summed E-state index contributed by atoms with van der Waals surface area (Å²) in [6, 6.07) is 4.24. The minimum absolute atomic E-state index is 0.00268. The monoisotopic (exact) mass is 398 g/mol. The SMILES string of the molecule is C/C=C1/CN2[C@@H]3C[C@@]45c6cc(OC)c(OC)cc6N[C@]4(O3)[C@@H]2C[C@H]1C5C(=O)OC. The lowest BCUT2D eigenvalue weighted by molar-refractivity contribution is -0.161. The predicted molar refractivity (Wildman–Crippen MR) is 105 cm³/mol. The number of nitrogens with zero attached hydrogens (tertiary/aromatic N) is 1. The Hall–Kier alpha value is -2.25. The smallest absolute Gasteiger partial charge is 0.310 e. The van der Waals surface area contributed by atoms with Crippen LogP contribution in [0.2, 0.25) is 0 Å². The Morgan fingerprint density at radius 1 is 1.28 bits per heavy atom. The summed E-state index contributed by atoms with van der Waals surface area (Å²) in [5.41, 5.74) is 2.25. The summed E-state index contributed by atoms with van der Waals surface area (Å²) in [6.07, 6.45) is 3.84. The first-order chi connectivity index (χ1) is 14.0. The molecule has 1 spiro atoms. The van der Waals surface area contributed by atoms with Gasteiger partial charge in [-0.25, -0.2) is 0 Å². The van der Waals surface area contributed by atoms with E-state index in [1.54, 1.807) is 14.2 Å². The van der Waals surface area contributed by atoms with Crippen LogP contribution in [0.1, 0.15) is 25.3 Å². The van der Waals surface area contributed by atoms with E-state index in [-0.39, 0.29) is 30.1 Å². The van der Waals surface area contributed by atoms with Gasteiger partial charge in [0.15, 0.2) is 17.2 Å². The fourth-order valence-corrected chi connectivity index (χ4v) is 7.12. The van der Waals surface area contributed by atoms with Crippen LogP contribution < -0.4 is 14.8 Å². The third-order valence-electron chi connectivity index (χ3n) is 8.12. The maximum atomic E-state index is 13.3. The molecule has 0 aromatic heterocycles. The van der Waals surface area contributed by atoms with Crippen LogP contribution in [0, 0.1) is 11.8 Å². The second-order valence-corrected chi connectivity index (χ2v) is 8.76. The molecule has 154 valence electrons. The maximum absolute atomic E-state index is 13.3. The molecule has 7 heteroatoms. The van der Waals surface area contributed by atoms with Crippen LogP contribution in [0.5, 0.6) is 11.5 Å². The maximum Gasteiger partial charge on any atom is 0.310 e. The number of rotatable bonds is 3. The van der Waals surface area contributed by atoms with E-state index in [1.807, 2.05) is 12.1 Å². The normalized spacial score (nSPS) is 41.9. The number of methoxy groups -OCH3 is 3. The van der Waals surface area contributed by atoms with Gasteiger partial charge in [-0.2, -0.15) is 0 Å². The van der Waals surface area contributed by atoms with Gasteiger partial charge in [0, 0.05) is 24.7 Å². The fraction of sp³-hybridized carbons (Fsp3) is 0.591. The fourth-order valence-electron chi connectivity index (χ4n) is 7.12. The van der Waals surface area contributed by atoms with Crippen LogP contribution >= 0.6 is 0 Å². The summed E-state index contributed by atoms with van der Waals surface area (Å²) < 4.78 is 23.3. The van der Waals surface area contributed by atoms with Gasteiger partial charge >= 0.3 is 5.97 Å². The van der Waals surface area contributed by atoms with Gasteiger partial charge in [-0.1, -0.05) is 11.6 Å². The van der Waals surface area contributed by atoms with E-state index >= 15 is 0 Å². The van der Waals surface area contributed by atoms with E-state index in [0.717, 1.165) is 30.6 Å². The quantitative estimate of drug-likeness (QED) is 0.619. The molecule has 1 aliphatic carbocycles. The van der Waals surface area contributed by atoms with Crippen molar-refractivity contribution in [3.05, 3.63) is 29.3 Å². The van der Waals surface area contributed by atoms with Gasteiger partial charge in [0.25, 0.3) is 0 Å². The minimum atomic E-state index is -0.619. The molecule has 1 aromatic rings. The van der Waals surface area contributed by atoms with Crippen LogP contribution in [0.25, 0.3) is 0 Å². The molecule has 6 rings (SSSR count). The first-order valence-corrected chi connectivity index (χ1v) is 10.3. The van der Waals surface area contributed by atoms with Gasteiger partial charge < -0.3 is 24.3 Å². The highest BCUT2D eigenvalue weighted by atomic mass is 16.6. The molecule has 4 fully saturated rings. The molecule has 6 atom stereocenters. The Balaban J connectivity index is 1.64. The third kappa shape index (κ3) is 1.73. The van der Waals surface area contributed by atoms with Crippen molar-refractivity contribution in [2.45, 2.75) is 43.2 Å². The average molecular weight is 398 g/mol. The van der Waals surface area contributed by atoms with Crippen LogP contribution in [0.3, 0.4) is 0 Å². The van der Waals surface area contributed by atoms with Gasteiger partial charge in [-0.3, -0.25) is 9.69 Å². The van der Waals surface area contributed by atoms with Crippen molar-refractivity contribution in [3.63, 3.8) is 0 Å². The molecule has 5 aliphatic rings. The highest BCUT2D eigenvalue weighted by molar-refractivity contribution is 5.82. The van der Waals surface area contributed by atoms with Crippen molar-refractivity contribution in [2.75, 3.05) is 33.2 Å². The number of carbonyl (C=O) groups is 1. The number of hydrogen-bond acceptors (Lipinski definition) is 7. The minimum Gasteiger partial charge on any atom is -0.493 e. The van der Waals surface area contributed by atoms with Gasteiger partial charge in [0.05, 0.1) is 38.7 Å². The largest absolute Gasteiger partial charge is 0.493 e. The van der Waals surface area contributed by atoms with Crippen molar-refractivity contribution >= 4 is 11.7 Å². The van der Waals surface area contributed by atoms with Crippen LogP contribution in [0.4, 0.5) is 5.69 Å². The Morgan fingerprint density at radius 3 is 2.72 bits per heavy atom. The number of piperidine rings is 2. The summed E-state index contributed by atoms with van der Waals surface area (Å²) >= 11 is 0. The van der Waals surface area contributed by atoms with Gasteiger partial charge in [-0.15, -0.1) is 0 Å². The molecule has 0 amide bonds. The standard InChI is InChI=1S/C22H26N2O5/c1-5-11-10-24-17-6-12(11)19(20(25)28-4)21-9-18(24)29-22(17,21)23-14-8-16(27-3)15(26-2)7-13(14)21/h5,7-8,12,17-19,23H,6,9-10H2,1-4H3/b11-5-/t12-,17+,18+,19?,21+,22+/m1/s1. The summed E-state index contributed by atoms with van der Waals surface area (Å²) in [5, 5.41) is 3.72. The van der Waals surface area contributed by atoms with Crippen molar-refractivity contribution in [1.29, 1.82) is 0 Å². The lowest BCUT2D eigenvalue weighted by Crippen LogP contribution is -2.73. The summed E-state index contributed by atoms with van der Waals surface area (Å²) in [4.78, 5) is 15.8. The molecule has 1 aromatic carbocycles. The lowest BCUT2D eigenvalue weighted by atomic mass is 9.49. The Kier molecular flexibility index (Phi) is 3.31. The first kappa shape index (κ1) is 17.6. The molecule has 29 heavy (non-hydrogen) atoms. The van der Waals surface area contributed by atoms with Crippen molar-refractivity contribution in [3.8, 4) is 11.5 Å². The number of fused-ring (bicyclic) bond motifs is 4. The lowest BCUT2D eigenvalue weighted by Gasteiger charge is -2.60. The van der Waals surface area contributed by atoms with Gasteiger partial charge in [-0.05, 0) is 30.9 Å². The van der Waals surface area contributed by atoms with E-state index in [1.165, 1.54) is 12.7 Å². The molecule has 4 aliphatic heterocycles. The van der Waals surface area contributed by atoms with Gasteiger partial charge in [0.2, 0.25) is 0 Å². The third-order valence-corrected chi connectivity index (χ3v) is 8.12. The molecule has 0 radical (unpaired) electrons. The van der Waals surface area contributed by atoms with Gasteiger partial charge in [0.1, 0.15) is 6.23 Å². The zero-order chi connectivity index (χ0) is 20.1. The molecule has 3 saturated heterocycles. The highest BCUT2D eigenvalue weighted by Gasteiger charge is 2.82.